The van der Waals surface area contributed by atoms with E-state index in [-0.39, 0.29) is 19.1 Å². The van der Waals surface area contributed by atoms with Crippen molar-refractivity contribution in [1.82, 2.24) is 10.9 Å². The van der Waals surface area contributed by atoms with Gasteiger partial charge in [0.2, 0.25) is 5.90 Å². The van der Waals surface area contributed by atoms with Crippen LogP contribution in [0.25, 0.3) is 6.08 Å². The van der Waals surface area contributed by atoms with Crippen LogP contribution in [0.15, 0.2) is 89.9 Å². The first-order valence-electron chi connectivity index (χ1n) is 12.6. The van der Waals surface area contributed by atoms with Crippen molar-refractivity contribution >= 4 is 29.5 Å². The SMILES string of the molecule is O=C(NNCCc1cccc(Cl)c1)[C@]1(C/C=C/c2ccccc2)COC(c2ccc(OCCCO)cc2)=N1. The molecule has 8 heteroatoms. The van der Waals surface area contributed by atoms with Crippen LogP contribution in [-0.2, 0) is 16.0 Å². The highest BCUT2D eigenvalue weighted by Crippen LogP contribution is 2.27. The first kappa shape index (κ1) is 27.4. The summed E-state index contributed by atoms with van der Waals surface area (Å²) < 4.78 is 11.5. The summed E-state index contributed by atoms with van der Waals surface area (Å²) in [6.45, 7) is 1.19. The molecule has 198 valence electrons. The van der Waals surface area contributed by atoms with Crippen LogP contribution in [0.4, 0.5) is 0 Å². The number of halogens is 1. The van der Waals surface area contributed by atoms with Gasteiger partial charge in [0.1, 0.15) is 12.4 Å². The van der Waals surface area contributed by atoms with Crippen molar-refractivity contribution in [3.05, 3.63) is 107 Å². The van der Waals surface area contributed by atoms with E-state index in [0.717, 1.165) is 16.7 Å². The Bertz CT molecular complexity index is 1250. The number of ether oxygens (including phenoxy) is 2. The number of carbonyl (C=O) groups excluding carboxylic acids is 1. The largest absolute Gasteiger partial charge is 0.494 e. The minimum Gasteiger partial charge on any atom is -0.494 e. The number of aliphatic hydroxyl groups excluding tert-OH is 1. The molecule has 1 aliphatic rings. The number of hydrazine groups is 1. The van der Waals surface area contributed by atoms with E-state index in [9.17, 15) is 4.79 Å². The average Bonchev–Trinajstić information content (AvgIpc) is 3.38. The zero-order valence-electron chi connectivity index (χ0n) is 21.1. The minimum atomic E-state index is -1.11. The third-order valence-electron chi connectivity index (χ3n) is 6.05. The van der Waals surface area contributed by atoms with E-state index in [1.807, 2.05) is 91.0 Å². The number of hydrogen-bond donors (Lipinski definition) is 3. The Balaban J connectivity index is 1.44. The van der Waals surface area contributed by atoms with Gasteiger partial charge in [-0.05, 0) is 53.9 Å². The van der Waals surface area contributed by atoms with Crippen LogP contribution in [0.3, 0.4) is 0 Å². The summed E-state index contributed by atoms with van der Waals surface area (Å²) in [4.78, 5) is 18.2. The molecule has 1 atom stereocenters. The lowest BCUT2D eigenvalue weighted by Gasteiger charge is -2.22. The molecule has 0 unspecified atom stereocenters. The Morgan fingerprint density at radius 3 is 2.68 bits per heavy atom. The number of nitrogens with zero attached hydrogens (tertiary/aromatic N) is 1. The Morgan fingerprint density at radius 2 is 1.92 bits per heavy atom. The first-order valence-corrected chi connectivity index (χ1v) is 13.0. The Kier molecular flexibility index (Phi) is 9.92. The molecule has 38 heavy (non-hydrogen) atoms. The van der Waals surface area contributed by atoms with Gasteiger partial charge in [0.05, 0.1) is 6.61 Å². The van der Waals surface area contributed by atoms with Crippen molar-refractivity contribution in [2.45, 2.75) is 24.8 Å². The fraction of sp³-hybridized carbons (Fsp3) is 0.267. The van der Waals surface area contributed by atoms with Crippen LogP contribution in [0.2, 0.25) is 5.02 Å². The summed E-state index contributed by atoms with van der Waals surface area (Å²) in [6, 6.07) is 24.9. The maximum absolute atomic E-state index is 13.4. The molecule has 0 aromatic heterocycles. The molecule has 0 bridgehead atoms. The van der Waals surface area contributed by atoms with Crippen LogP contribution < -0.4 is 15.6 Å². The van der Waals surface area contributed by atoms with Gasteiger partial charge in [-0.15, -0.1) is 0 Å². The predicted molar refractivity (Wildman–Crippen MR) is 150 cm³/mol. The van der Waals surface area contributed by atoms with Crippen LogP contribution in [0.5, 0.6) is 5.75 Å². The molecule has 0 saturated carbocycles. The zero-order valence-corrected chi connectivity index (χ0v) is 21.9. The summed E-state index contributed by atoms with van der Waals surface area (Å²) in [6.07, 6.45) is 5.58. The molecule has 3 N–H and O–H groups in total. The van der Waals surface area contributed by atoms with E-state index in [1.165, 1.54) is 0 Å². The summed E-state index contributed by atoms with van der Waals surface area (Å²) in [5, 5.41) is 9.61. The maximum atomic E-state index is 13.4. The maximum Gasteiger partial charge on any atom is 0.266 e. The molecule has 0 radical (unpaired) electrons. The number of hydrogen-bond acceptors (Lipinski definition) is 6. The summed E-state index contributed by atoms with van der Waals surface area (Å²) in [5.74, 6) is 0.842. The van der Waals surface area contributed by atoms with Crippen LogP contribution >= 0.6 is 11.6 Å². The second-order valence-electron chi connectivity index (χ2n) is 8.97. The van der Waals surface area contributed by atoms with Crippen LogP contribution in [0, 0.1) is 0 Å². The number of carbonyl (C=O) groups is 1. The van der Waals surface area contributed by atoms with Gasteiger partial charge < -0.3 is 14.6 Å². The van der Waals surface area contributed by atoms with Gasteiger partial charge in [0, 0.05) is 36.6 Å². The van der Waals surface area contributed by atoms with Gasteiger partial charge in [-0.25, -0.2) is 10.4 Å². The van der Waals surface area contributed by atoms with E-state index in [0.29, 0.717) is 49.1 Å². The first-order chi connectivity index (χ1) is 18.6. The van der Waals surface area contributed by atoms with Gasteiger partial charge in [-0.3, -0.25) is 10.2 Å². The Labute approximate surface area is 228 Å². The molecule has 3 aromatic rings. The highest BCUT2D eigenvalue weighted by molar-refractivity contribution is 6.30. The molecule has 0 saturated heterocycles. The summed E-state index contributed by atoms with van der Waals surface area (Å²) >= 11 is 6.07. The van der Waals surface area contributed by atoms with E-state index >= 15 is 0 Å². The standard InChI is InChI=1S/C30H32ClN3O4/c31-26-11-4-9-24(21-26)16-18-32-34-29(36)30(17-5-10-23-7-2-1-3-8-23)22-38-28(33-30)25-12-14-27(15-13-25)37-20-6-19-35/h1-5,7-15,21,32,35H,6,16-20,22H2,(H,34,36)/b10-5+/t30-/m0/s1. The lowest BCUT2D eigenvalue weighted by molar-refractivity contribution is -0.127. The number of aliphatic imine (C=N–C) groups is 1. The molecule has 4 rings (SSSR count). The van der Waals surface area contributed by atoms with E-state index in [1.54, 1.807) is 0 Å². The van der Waals surface area contributed by atoms with Gasteiger partial charge in [-0.1, -0.05) is 66.2 Å². The minimum absolute atomic E-state index is 0.0844. The second kappa shape index (κ2) is 13.8. The fourth-order valence-corrected chi connectivity index (χ4v) is 4.18. The smallest absolute Gasteiger partial charge is 0.266 e. The number of nitrogens with one attached hydrogen (secondary N) is 2. The molecule has 0 aliphatic carbocycles. The number of aliphatic hydroxyl groups is 1. The highest BCUT2D eigenvalue weighted by atomic mass is 35.5. The van der Waals surface area contributed by atoms with Gasteiger partial charge in [-0.2, -0.15) is 0 Å². The molecule has 3 aromatic carbocycles. The van der Waals surface area contributed by atoms with Crippen LogP contribution in [0.1, 0.15) is 29.5 Å². The second-order valence-corrected chi connectivity index (χ2v) is 9.40. The van der Waals surface area contributed by atoms with E-state index < -0.39 is 5.54 Å². The predicted octanol–water partition coefficient (Wildman–Crippen LogP) is 4.58. The van der Waals surface area contributed by atoms with Gasteiger partial charge >= 0.3 is 0 Å². The van der Waals surface area contributed by atoms with Crippen molar-refractivity contribution < 1.29 is 19.4 Å². The Morgan fingerprint density at radius 1 is 1.11 bits per heavy atom. The quantitative estimate of drug-likeness (QED) is 0.221. The number of amides is 1. The third-order valence-corrected chi connectivity index (χ3v) is 6.29. The van der Waals surface area contributed by atoms with Crippen LogP contribution in [-0.4, -0.2) is 48.8 Å². The van der Waals surface area contributed by atoms with Crippen molar-refractivity contribution in [2.24, 2.45) is 4.99 Å². The highest BCUT2D eigenvalue weighted by Gasteiger charge is 2.43. The van der Waals surface area contributed by atoms with Crippen molar-refractivity contribution in [2.75, 3.05) is 26.4 Å². The third kappa shape index (κ3) is 7.68. The molecule has 0 fully saturated rings. The lowest BCUT2D eigenvalue weighted by atomic mass is 9.95. The fourth-order valence-electron chi connectivity index (χ4n) is 3.97. The average molecular weight is 534 g/mol. The number of rotatable bonds is 13. The van der Waals surface area contributed by atoms with Gasteiger partial charge in [0.25, 0.3) is 5.91 Å². The van der Waals surface area contributed by atoms with E-state index in [4.69, 9.17) is 31.2 Å². The Hall–Kier alpha value is -3.65. The summed E-state index contributed by atoms with van der Waals surface area (Å²) in [7, 11) is 0. The topological polar surface area (TPSA) is 92.2 Å². The monoisotopic (exact) mass is 533 g/mol. The van der Waals surface area contributed by atoms with Crippen molar-refractivity contribution in [1.29, 1.82) is 0 Å². The lowest BCUT2D eigenvalue weighted by Crippen LogP contribution is -2.51. The molecule has 0 spiro atoms. The molecule has 7 nitrogen and oxygen atoms in total. The molecule has 1 heterocycles. The molecule has 1 amide bonds. The van der Waals surface area contributed by atoms with Crippen molar-refractivity contribution in [3.63, 3.8) is 0 Å². The normalized spacial score (nSPS) is 16.7. The van der Waals surface area contributed by atoms with Crippen molar-refractivity contribution in [3.8, 4) is 5.75 Å². The van der Waals surface area contributed by atoms with E-state index in [2.05, 4.69) is 10.9 Å². The zero-order chi connectivity index (χ0) is 26.6. The molecular formula is C30H32ClN3O4. The van der Waals surface area contributed by atoms with Gasteiger partial charge in [0.15, 0.2) is 5.54 Å². The molecular weight excluding hydrogens is 502 g/mol. The number of benzene rings is 3. The summed E-state index contributed by atoms with van der Waals surface area (Å²) in [5.41, 5.74) is 7.62. The molecule has 1 aliphatic heterocycles.